The number of carbonyl (C=O) groups excluding carboxylic acids is 1. The summed E-state index contributed by atoms with van der Waals surface area (Å²) < 4.78 is 0. The Hall–Kier alpha value is -0.770. The Morgan fingerprint density at radius 3 is 2.23 bits per heavy atom. The first-order valence-corrected chi connectivity index (χ1v) is 4.86. The largest absolute Gasteiger partial charge is 0.341 e. The molecular formula is C9H17N3O. The normalized spacial score (nSPS) is 33.5. The smallest absolute Gasteiger partial charge is 0.317 e. The highest BCUT2D eigenvalue weighted by atomic mass is 16.2. The molecule has 2 saturated heterocycles. The van der Waals surface area contributed by atoms with Gasteiger partial charge in [-0.15, -0.1) is 0 Å². The lowest BCUT2D eigenvalue weighted by molar-refractivity contribution is 0.204. The van der Waals surface area contributed by atoms with Crippen molar-refractivity contribution in [2.45, 2.75) is 0 Å². The van der Waals surface area contributed by atoms with Gasteiger partial charge in [-0.25, -0.2) is 4.79 Å². The van der Waals surface area contributed by atoms with E-state index >= 15 is 0 Å². The average Bonchev–Trinajstić information content (AvgIpc) is 2.59. The summed E-state index contributed by atoms with van der Waals surface area (Å²) in [6.07, 6.45) is 0. The van der Waals surface area contributed by atoms with Gasteiger partial charge in [0, 0.05) is 33.2 Å². The molecule has 4 nitrogen and oxygen atoms in total. The molecule has 0 bridgehead atoms. The molecule has 2 atom stereocenters. The summed E-state index contributed by atoms with van der Waals surface area (Å²) in [5.74, 6) is 1.42. The van der Waals surface area contributed by atoms with E-state index in [9.17, 15) is 4.79 Å². The van der Waals surface area contributed by atoms with Gasteiger partial charge in [0.2, 0.25) is 0 Å². The first kappa shape index (κ1) is 8.81. The zero-order valence-corrected chi connectivity index (χ0v) is 8.29. The van der Waals surface area contributed by atoms with Crippen molar-refractivity contribution in [3.05, 3.63) is 0 Å². The summed E-state index contributed by atoms with van der Waals surface area (Å²) in [5, 5.41) is 2.68. The van der Waals surface area contributed by atoms with E-state index in [1.165, 1.54) is 0 Å². The predicted molar refractivity (Wildman–Crippen MR) is 50.5 cm³/mol. The number of fused-ring (bicyclic) bond motifs is 1. The molecule has 0 spiro atoms. The number of carbonyl (C=O) groups is 1. The fourth-order valence-electron chi connectivity index (χ4n) is 2.55. The molecule has 2 aliphatic rings. The van der Waals surface area contributed by atoms with Crippen molar-refractivity contribution in [2.75, 3.05) is 40.3 Å². The first-order valence-electron chi connectivity index (χ1n) is 4.86. The number of rotatable bonds is 0. The lowest BCUT2D eigenvalue weighted by Gasteiger charge is -2.18. The lowest BCUT2D eigenvalue weighted by Crippen LogP contribution is -2.38. The number of hydrogen-bond acceptors (Lipinski definition) is 2. The Kier molecular flexibility index (Phi) is 2.15. The highest BCUT2D eigenvalue weighted by Crippen LogP contribution is 2.29. The van der Waals surface area contributed by atoms with Crippen molar-refractivity contribution in [2.24, 2.45) is 11.8 Å². The fraction of sp³-hybridized carbons (Fsp3) is 0.889. The van der Waals surface area contributed by atoms with Crippen molar-refractivity contribution in [3.8, 4) is 0 Å². The van der Waals surface area contributed by atoms with E-state index in [0.29, 0.717) is 11.8 Å². The van der Waals surface area contributed by atoms with Gasteiger partial charge in [0.05, 0.1) is 0 Å². The van der Waals surface area contributed by atoms with Gasteiger partial charge in [-0.3, -0.25) is 0 Å². The molecule has 0 aliphatic carbocycles. The topological polar surface area (TPSA) is 35.6 Å². The summed E-state index contributed by atoms with van der Waals surface area (Å²) in [4.78, 5) is 15.6. The second kappa shape index (κ2) is 3.18. The quantitative estimate of drug-likeness (QED) is 0.565. The molecule has 4 heteroatoms. The molecule has 2 amide bonds. The third kappa shape index (κ3) is 1.50. The highest BCUT2D eigenvalue weighted by Gasteiger charge is 2.39. The third-order valence-corrected chi connectivity index (χ3v) is 3.17. The zero-order chi connectivity index (χ0) is 9.42. The van der Waals surface area contributed by atoms with Gasteiger partial charge in [-0.05, 0) is 18.9 Å². The van der Waals surface area contributed by atoms with Gasteiger partial charge in [0.15, 0.2) is 0 Å². The minimum atomic E-state index is 0.0806. The van der Waals surface area contributed by atoms with Crippen LogP contribution >= 0.6 is 0 Å². The second-order valence-electron chi connectivity index (χ2n) is 4.20. The molecule has 0 aromatic rings. The van der Waals surface area contributed by atoms with Gasteiger partial charge in [0.1, 0.15) is 0 Å². The van der Waals surface area contributed by atoms with Crippen molar-refractivity contribution in [3.63, 3.8) is 0 Å². The highest BCUT2D eigenvalue weighted by molar-refractivity contribution is 5.74. The van der Waals surface area contributed by atoms with Gasteiger partial charge in [0.25, 0.3) is 0 Å². The van der Waals surface area contributed by atoms with Gasteiger partial charge in [-0.1, -0.05) is 0 Å². The summed E-state index contributed by atoms with van der Waals surface area (Å²) >= 11 is 0. The van der Waals surface area contributed by atoms with E-state index in [2.05, 4.69) is 17.3 Å². The van der Waals surface area contributed by atoms with Crippen LogP contribution in [0.25, 0.3) is 0 Å². The fourth-order valence-corrected chi connectivity index (χ4v) is 2.55. The number of amides is 2. The molecule has 0 saturated carbocycles. The van der Waals surface area contributed by atoms with E-state index in [1.54, 1.807) is 7.05 Å². The van der Waals surface area contributed by atoms with Crippen LogP contribution < -0.4 is 5.32 Å². The van der Waals surface area contributed by atoms with Crippen LogP contribution in [-0.2, 0) is 0 Å². The maximum Gasteiger partial charge on any atom is 0.317 e. The van der Waals surface area contributed by atoms with Crippen LogP contribution in [0.3, 0.4) is 0 Å². The summed E-state index contributed by atoms with van der Waals surface area (Å²) in [6.45, 7) is 4.18. The average molecular weight is 183 g/mol. The van der Waals surface area contributed by atoms with Gasteiger partial charge >= 0.3 is 6.03 Å². The maximum absolute atomic E-state index is 11.3. The van der Waals surface area contributed by atoms with Crippen molar-refractivity contribution in [1.29, 1.82) is 0 Å². The van der Waals surface area contributed by atoms with E-state index in [0.717, 1.165) is 26.2 Å². The zero-order valence-electron chi connectivity index (χ0n) is 8.29. The predicted octanol–water partition coefficient (Wildman–Crippen LogP) is -0.181. The minimum Gasteiger partial charge on any atom is -0.341 e. The number of nitrogens with one attached hydrogen (secondary N) is 1. The number of nitrogens with zero attached hydrogens (tertiary/aromatic N) is 2. The molecule has 0 radical (unpaired) electrons. The van der Waals surface area contributed by atoms with Crippen molar-refractivity contribution < 1.29 is 4.79 Å². The van der Waals surface area contributed by atoms with E-state index in [-0.39, 0.29) is 6.03 Å². The van der Waals surface area contributed by atoms with E-state index in [4.69, 9.17) is 0 Å². The summed E-state index contributed by atoms with van der Waals surface area (Å²) in [6, 6.07) is 0.0806. The monoisotopic (exact) mass is 183 g/mol. The van der Waals surface area contributed by atoms with Crippen LogP contribution in [0.5, 0.6) is 0 Å². The summed E-state index contributed by atoms with van der Waals surface area (Å²) in [5.41, 5.74) is 0. The Bertz CT molecular complexity index is 205. The maximum atomic E-state index is 11.3. The van der Waals surface area contributed by atoms with Crippen molar-refractivity contribution in [1.82, 2.24) is 15.1 Å². The molecule has 1 N–H and O–H groups in total. The standard InChI is InChI=1S/C9H17N3O/c1-10-9(13)12-5-7-3-11(2)4-8(7)6-12/h7-8H,3-6H2,1-2H3,(H,10,13)/t7-,8+. The van der Waals surface area contributed by atoms with Crippen molar-refractivity contribution >= 4 is 6.03 Å². The molecule has 2 fully saturated rings. The molecule has 74 valence electrons. The lowest BCUT2D eigenvalue weighted by atomic mass is 10.0. The molecule has 0 aromatic heterocycles. The van der Waals surface area contributed by atoms with Gasteiger partial charge in [-0.2, -0.15) is 0 Å². The van der Waals surface area contributed by atoms with E-state index < -0.39 is 0 Å². The molecular weight excluding hydrogens is 166 g/mol. The molecule has 0 aromatic carbocycles. The molecule has 0 unspecified atom stereocenters. The minimum absolute atomic E-state index is 0.0806. The van der Waals surface area contributed by atoms with Crippen LogP contribution in [0.1, 0.15) is 0 Å². The molecule has 13 heavy (non-hydrogen) atoms. The number of hydrogen-bond donors (Lipinski definition) is 1. The van der Waals surface area contributed by atoms with Crippen LogP contribution in [-0.4, -0.2) is 56.1 Å². The third-order valence-electron chi connectivity index (χ3n) is 3.17. The molecule has 2 aliphatic heterocycles. The first-order chi connectivity index (χ1) is 6.20. The van der Waals surface area contributed by atoms with Crippen LogP contribution in [0.15, 0.2) is 0 Å². The molecule has 2 heterocycles. The Balaban J connectivity index is 1.93. The number of likely N-dealkylation sites (tertiary alicyclic amines) is 2. The van der Waals surface area contributed by atoms with Crippen LogP contribution in [0.2, 0.25) is 0 Å². The van der Waals surface area contributed by atoms with Crippen LogP contribution in [0, 0.1) is 11.8 Å². The summed E-state index contributed by atoms with van der Waals surface area (Å²) in [7, 11) is 3.85. The SMILES string of the molecule is CNC(=O)N1C[C@H]2CN(C)C[C@H]2C1. The van der Waals surface area contributed by atoms with Crippen LogP contribution in [0.4, 0.5) is 4.79 Å². The Labute approximate surface area is 78.9 Å². The van der Waals surface area contributed by atoms with E-state index in [1.807, 2.05) is 4.90 Å². The second-order valence-corrected chi connectivity index (χ2v) is 4.20. The Morgan fingerprint density at radius 1 is 1.23 bits per heavy atom. The number of urea groups is 1. The Morgan fingerprint density at radius 2 is 1.77 bits per heavy atom. The van der Waals surface area contributed by atoms with Gasteiger partial charge < -0.3 is 15.1 Å². The molecule has 2 rings (SSSR count).